The third-order valence-corrected chi connectivity index (χ3v) is 3.80. The van der Waals surface area contributed by atoms with E-state index in [1.54, 1.807) is 26.0 Å². The molecule has 8 heteroatoms. The summed E-state index contributed by atoms with van der Waals surface area (Å²) in [6, 6.07) is 4.63. The summed E-state index contributed by atoms with van der Waals surface area (Å²) in [5, 5.41) is 5.95. The number of carbonyl (C=O) groups is 1. The molecule has 2 N–H and O–H groups in total. The lowest BCUT2D eigenvalue weighted by molar-refractivity contribution is 0.252. The molecule has 2 aromatic rings. The molecule has 4 nitrogen and oxygen atoms in total. The Kier molecular flexibility index (Phi) is 5.99. The summed E-state index contributed by atoms with van der Waals surface area (Å²) in [6.07, 6.45) is 0.559. The number of anilines is 1. The first-order valence-electron chi connectivity index (χ1n) is 7.83. The zero-order valence-electron chi connectivity index (χ0n) is 14.9. The first kappa shape index (κ1) is 20.2. The van der Waals surface area contributed by atoms with E-state index in [0.717, 1.165) is 11.1 Å². The molecule has 0 bridgehead atoms. The Hall–Kier alpha value is -3.16. The Bertz CT molecular complexity index is 934. The molecule has 0 saturated carbocycles. The lowest BCUT2D eigenvalue weighted by Crippen LogP contribution is -2.25. The van der Waals surface area contributed by atoms with Crippen LogP contribution in [0.4, 0.5) is 28.0 Å². The highest BCUT2D eigenvalue weighted by molar-refractivity contribution is 5.92. The van der Waals surface area contributed by atoms with E-state index in [-0.39, 0.29) is 5.57 Å². The maximum absolute atomic E-state index is 14.3. The molecule has 0 aliphatic heterocycles. The number of aryl methyl sites for hydroxylation is 2. The summed E-state index contributed by atoms with van der Waals surface area (Å²) in [6.45, 7) is 8.16. The van der Waals surface area contributed by atoms with Gasteiger partial charge in [0.05, 0.1) is 17.3 Å². The molecule has 0 aliphatic carbocycles. The Balaban J connectivity index is 2.24. The monoisotopic (exact) mass is 379 g/mol. The number of hydrazone groups is 1. The second-order valence-corrected chi connectivity index (χ2v) is 5.92. The summed E-state index contributed by atoms with van der Waals surface area (Å²) in [7, 11) is 0. The summed E-state index contributed by atoms with van der Waals surface area (Å²) in [5.41, 5.74) is 2.34. The normalized spacial score (nSPS) is 10.9. The molecule has 0 heterocycles. The number of halogens is 4. The highest BCUT2D eigenvalue weighted by Gasteiger charge is 2.24. The van der Waals surface area contributed by atoms with Crippen molar-refractivity contribution in [2.75, 3.05) is 5.32 Å². The van der Waals surface area contributed by atoms with Crippen LogP contribution in [0, 0.1) is 37.1 Å². The van der Waals surface area contributed by atoms with Gasteiger partial charge in [-0.25, -0.2) is 27.8 Å². The van der Waals surface area contributed by atoms with Crippen molar-refractivity contribution >= 4 is 23.5 Å². The number of nitrogens with one attached hydrogen (secondary N) is 2. The van der Waals surface area contributed by atoms with Gasteiger partial charge in [-0.2, -0.15) is 5.10 Å². The fraction of sp³-hybridized carbons (Fsp3) is 0.158. The van der Waals surface area contributed by atoms with Gasteiger partial charge < -0.3 is 5.32 Å². The van der Waals surface area contributed by atoms with E-state index < -0.39 is 40.4 Å². The Morgan fingerprint density at radius 2 is 1.63 bits per heavy atom. The molecule has 0 fully saturated rings. The molecule has 0 radical (unpaired) electrons. The maximum Gasteiger partial charge on any atom is 0.339 e. The second-order valence-electron chi connectivity index (χ2n) is 5.92. The Morgan fingerprint density at radius 3 is 2.19 bits per heavy atom. The number of amides is 2. The number of urea groups is 1. The van der Waals surface area contributed by atoms with Crippen LogP contribution in [0.5, 0.6) is 0 Å². The Labute approximate surface area is 153 Å². The number of carbonyl (C=O) groups excluding carboxylic acids is 1. The third kappa shape index (κ3) is 4.16. The van der Waals surface area contributed by atoms with Gasteiger partial charge in [0.25, 0.3) is 0 Å². The van der Waals surface area contributed by atoms with Crippen molar-refractivity contribution in [1.29, 1.82) is 0 Å². The van der Waals surface area contributed by atoms with Crippen LogP contribution < -0.4 is 10.7 Å². The zero-order chi connectivity index (χ0) is 20.3. The van der Waals surface area contributed by atoms with Crippen molar-refractivity contribution in [2.45, 2.75) is 20.8 Å². The van der Waals surface area contributed by atoms with Crippen LogP contribution in [0.25, 0.3) is 5.57 Å². The molecule has 0 atom stereocenters. The van der Waals surface area contributed by atoms with Crippen molar-refractivity contribution < 1.29 is 22.4 Å². The number of hydrogen-bond donors (Lipinski definition) is 2. The molecular formula is C19H17F4N3O. The Morgan fingerprint density at radius 1 is 1.04 bits per heavy atom. The third-order valence-electron chi connectivity index (χ3n) is 3.80. The lowest BCUT2D eigenvalue weighted by Gasteiger charge is -2.11. The minimum atomic E-state index is -1.85. The molecule has 0 aliphatic rings. The van der Waals surface area contributed by atoms with Crippen LogP contribution in [0.2, 0.25) is 0 Å². The van der Waals surface area contributed by atoms with Crippen LogP contribution in [0.1, 0.15) is 29.2 Å². The van der Waals surface area contributed by atoms with Crippen LogP contribution in [-0.4, -0.2) is 12.2 Å². The van der Waals surface area contributed by atoms with Gasteiger partial charge in [-0.3, -0.25) is 0 Å². The quantitative estimate of drug-likeness (QED) is 0.252. The van der Waals surface area contributed by atoms with Crippen molar-refractivity contribution in [3.05, 3.63) is 70.3 Å². The largest absolute Gasteiger partial charge is 0.339 e. The van der Waals surface area contributed by atoms with Crippen molar-refractivity contribution in [3.63, 3.8) is 0 Å². The number of benzene rings is 2. The van der Waals surface area contributed by atoms with E-state index in [2.05, 4.69) is 17.0 Å². The van der Waals surface area contributed by atoms with Crippen LogP contribution in [-0.2, 0) is 0 Å². The summed E-state index contributed by atoms with van der Waals surface area (Å²) >= 11 is 0. The van der Waals surface area contributed by atoms with Gasteiger partial charge in [0.2, 0.25) is 0 Å². The number of nitrogens with zero attached hydrogens (tertiary/aromatic N) is 1. The molecule has 2 rings (SSSR count). The highest BCUT2D eigenvalue weighted by atomic mass is 19.2. The molecule has 27 heavy (non-hydrogen) atoms. The van der Waals surface area contributed by atoms with Crippen LogP contribution >= 0.6 is 0 Å². The first-order chi connectivity index (χ1) is 12.6. The van der Waals surface area contributed by atoms with Crippen LogP contribution in [0.3, 0.4) is 0 Å². The standard InChI is InChI=1S/C19H17F4N3O/c1-9(2)13-14(20)12(15(21)17(23)16(13)22)8-24-26-19(27)25-18-10(3)6-5-7-11(18)4/h5-8H,1H2,2-4H3,(H2,25,26,27)/b24-8+. The van der Waals surface area contributed by atoms with Gasteiger partial charge >= 0.3 is 6.03 Å². The van der Waals surface area contributed by atoms with E-state index >= 15 is 0 Å². The minimum Gasteiger partial charge on any atom is -0.306 e. The number of para-hydroxylation sites is 1. The van der Waals surface area contributed by atoms with E-state index in [1.807, 2.05) is 11.5 Å². The maximum atomic E-state index is 14.3. The molecule has 0 spiro atoms. The van der Waals surface area contributed by atoms with E-state index in [0.29, 0.717) is 11.9 Å². The van der Waals surface area contributed by atoms with E-state index in [1.165, 1.54) is 6.92 Å². The molecule has 0 unspecified atom stereocenters. The number of hydrogen-bond acceptors (Lipinski definition) is 2. The van der Waals surface area contributed by atoms with Crippen LogP contribution in [0.15, 0.2) is 29.9 Å². The summed E-state index contributed by atoms with van der Waals surface area (Å²) < 4.78 is 55.4. The zero-order valence-corrected chi connectivity index (χ0v) is 14.9. The second kappa shape index (κ2) is 8.03. The predicted octanol–water partition coefficient (Wildman–Crippen LogP) is 5.05. The van der Waals surface area contributed by atoms with E-state index in [4.69, 9.17) is 0 Å². The van der Waals surface area contributed by atoms with Gasteiger partial charge in [-0.15, -0.1) is 0 Å². The SMILES string of the molecule is C=C(C)c1c(F)c(F)c(F)c(/C=N/NC(=O)Nc2c(C)cccc2C)c1F. The van der Waals surface area contributed by atoms with Crippen molar-refractivity contribution in [2.24, 2.45) is 5.10 Å². The van der Waals surface area contributed by atoms with Gasteiger partial charge in [0, 0.05) is 5.69 Å². The highest BCUT2D eigenvalue weighted by Crippen LogP contribution is 2.27. The number of allylic oxidation sites excluding steroid dienone is 1. The average Bonchev–Trinajstić information content (AvgIpc) is 2.59. The smallest absolute Gasteiger partial charge is 0.306 e. The minimum absolute atomic E-state index is 0.126. The van der Waals surface area contributed by atoms with Crippen molar-refractivity contribution in [1.82, 2.24) is 5.43 Å². The summed E-state index contributed by atoms with van der Waals surface area (Å²) in [4.78, 5) is 11.9. The van der Waals surface area contributed by atoms with Gasteiger partial charge in [-0.1, -0.05) is 24.8 Å². The molecule has 0 saturated heterocycles. The lowest BCUT2D eigenvalue weighted by atomic mass is 10.0. The van der Waals surface area contributed by atoms with E-state index in [9.17, 15) is 22.4 Å². The topological polar surface area (TPSA) is 53.5 Å². The molecule has 2 aromatic carbocycles. The van der Waals surface area contributed by atoms with Gasteiger partial charge in [0.15, 0.2) is 17.5 Å². The van der Waals surface area contributed by atoms with Crippen molar-refractivity contribution in [3.8, 4) is 0 Å². The predicted molar refractivity (Wildman–Crippen MR) is 96.6 cm³/mol. The molecule has 0 aromatic heterocycles. The average molecular weight is 379 g/mol. The molecule has 142 valence electrons. The first-order valence-corrected chi connectivity index (χ1v) is 7.83. The molecule has 2 amide bonds. The van der Waals surface area contributed by atoms with Gasteiger partial charge in [-0.05, 0) is 37.5 Å². The summed E-state index contributed by atoms with van der Waals surface area (Å²) in [5.74, 6) is -6.64. The molecular weight excluding hydrogens is 362 g/mol. The van der Waals surface area contributed by atoms with Gasteiger partial charge in [0.1, 0.15) is 5.82 Å². The fourth-order valence-corrected chi connectivity index (χ4v) is 2.45. The fourth-order valence-electron chi connectivity index (χ4n) is 2.45. The number of rotatable bonds is 4.